The van der Waals surface area contributed by atoms with Crippen LogP contribution in [-0.4, -0.2) is 22.7 Å². The van der Waals surface area contributed by atoms with Gasteiger partial charge in [-0.25, -0.2) is 13.8 Å². The van der Waals surface area contributed by atoms with Crippen LogP contribution in [0, 0.1) is 5.95 Å². The molecule has 1 aromatic rings. The van der Waals surface area contributed by atoms with E-state index in [2.05, 4.69) is 9.72 Å². The minimum absolute atomic E-state index is 0.0666. The summed E-state index contributed by atoms with van der Waals surface area (Å²) in [5.41, 5.74) is -1.57. The molecule has 0 saturated heterocycles. The number of hydrogen-bond donors (Lipinski definition) is 1. The summed E-state index contributed by atoms with van der Waals surface area (Å²) in [5.74, 6) is -2.89. The van der Waals surface area contributed by atoms with E-state index in [4.69, 9.17) is 0 Å². The molecule has 1 rings (SSSR count). The zero-order chi connectivity index (χ0) is 13.0. The number of rotatable bonds is 4. The van der Waals surface area contributed by atoms with Gasteiger partial charge in [-0.3, -0.25) is 4.79 Å². The van der Waals surface area contributed by atoms with Crippen molar-refractivity contribution in [2.75, 3.05) is 6.61 Å². The van der Waals surface area contributed by atoms with Crippen molar-refractivity contribution in [1.82, 2.24) is 4.98 Å². The molecular formula is C10H10F3NO3. The van der Waals surface area contributed by atoms with Gasteiger partial charge in [-0.2, -0.15) is 4.39 Å². The number of ether oxygens (including phenoxy) is 1. The molecule has 1 aromatic heterocycles. The summed E-state index contributed by atoms with van der Waals surface area (Å²) in [5, 5.41) is 9.31. The molecule has 0 aromatic carbocycles. The lowest BCUT2D eigenvalue weighted by molar-refractivity contribution is -0.142. The Hall–Kier alpha value is -1.79. The second-order valence-corrected chi connectivity index (χ2v) is 3.11. The van der Waals surface area contributed by atoms with Crippen LogP contribution in [0.25, 0.3) is 0 Å². The maximum atomic E-state index is 13.1. The third-order valence-electron chi connectivity index (χ3n) is 2.00. The highest BCUT2D eigenvalue weighted by Gasteiger charge is 2.24. The molecule has 7 heteroatoms. The van der Waals surface area contributed by atoms with Gasteiger partial charge in [0.2, 0.25) is 5.95 Å². The van der Waals surface area contributed by atoms with Gasteiger partial charge in [0.15, 0.2) is 0 Å². The second kappa shape index (κ2) is 5.51. The number of pyridine rings is 1. The molecule has 0 aliphatic rings. The van der Waals surface area contributed by atoms with Gasteiger partial charge in [-0.15, -0.1) is 0 Å². The average molecular weight is 249 g/mol. The number of hydrogen-bond acceptors (Lipinski definition) is 4. The molecular weight excluding hydrogens is 239 g/mol. The Morgan fingerprint density at radius 2 is 2.24 bits per heavy atom. The molecule has 0 unspecified atom stereocenters. The largest absolute Gasteiger partial charge is 0.506 e. The molecule has 0 spiro atoms. The number of esters is 1. The smallest absolute Gasteiger partial charge is 0.310 e. The molecule has 1 N–H and O–H groups in total. The van der Waals surface area contributed by atoms with Gasteiger partial charge in [0, 0.05) is 5.56 Å². The molecule has 94 valence electrons. The first-order valence-corrected chi connectivity index (χ1v) is 4.77. The lowest BCUT2D eigenvalue weighted by atomic mass is 10.1. The van der Waals surface area contributed by atoms with Crippen LogP contribution in [0.2, 0.25) is 0 Å². The van der Waals surface area contributed by atoms with Gasteiger partial charge in [-0.1, -0.05) is 0 Å². The fourth-order valence-corrected chi connectivity index (χ4v) is 1.29. The highest BCUT2D eigenvalue weighted by atomic mass is 19.3. The molecule has 0 atom stereocenters. The second-order valence-electron chi connectivity index (χ2n) is 3.11. The fraction of sp³-hybridized carbons (Fsp3) is 0.400. The van der Waals surface area contributed by atoms with Crippen molar-refractivity contribution in [1.29, 1.82) is 0 Å². The Morgan fingerprint density at radius 1 is 1.59 bits per heavy atom. The number of halogens is 3. The number of aromatic nitrogens is 1. The summed E-state index contributed by atoms with van der Waals surface area (Å²) < 4.78 is 42.7. The summed E-state index contributed by atoms with van der Waals surface area (Å²) in [7, 11) is 0. The molecule has 4 nitrogen and oxygen atoms in total. The van der Waals surface area contributed by atoms with E-state index in [-0.39, 0.29) is 6.61 Å². The van der Waals surface area contributed by atoms with Crippen molar-refractivity contribution in [2.24, 2.45) is 0 Å². The van der Waals surface area contributed by atoms with Crippen LogP contribution in [0.5, 0.6) is 5.75 Å². The first kappa shape index (κ1) is 13.3. The van der Waals surface area contributed by atoms with E-state index in [1.54, 1.807) is 6.92 Å². The van der Waals surface area contributed by atoms with Crippen LogP contribution >= 0.6 is 0 Å². The fourth-order valence-electron chi connectivity index (χ4n) is 1.29. The van der Waals surface area contributed by atoms with E-state index in [0.717, 1.165) is 0 Å². The third-order valence-corrected chi connectivity index (χ3v) is 2.00. The normalized spacial score (nSPS) is 10.6. The van der Waals surface area contributed by atoms with Crippen molar-refractivity contribution in [3.8, 4) is 5.75 Å². The SMILES string of the molecule is CCOC(=O)Cc1c(O)cnc(F)c1C(F)F. The maximum Gasteiger partial charge on any atom is 0.310 e. The standard InChI is InChI=1S/C10H10F3NO3/c1-2-17-7(16)3-5-6(15)4-14-10(13)8(5)9(11)12/h4,9,15H,2-3H2,1H3. The Bertz CT molecular complexity index is 424. The quantitative estimate of drug-likeness (QED) is 0.654. The van der Waals surface area contributed by atoms with Crippen LogP contribution in [-0.2, 0) is 16.0 Å². The third kappa shape index (κ3) is 3.08. The first-order valence-electron chi connectivity index (χ1n) is 4.77. The van der Waals surface area contributed by atoms with E-state index >= 15 is 0 Å². The van der Waals surface area contributed by atoms with Gasteiger partial charge in [0.25, 0.3) is 6.43 Å². The number of alkyl halides is 2. The van der Waals surface area contributed by atoms with Crippen LogP contribution in [0.1, 0.15) is 24.5 Å². The van der Waals surface area contributed by atoms with Gasteiger partial charge in [0.05, 0.1) is 24.8 Å². The number of carbonyl (C=O) groups excluding carboxylic acids is 1. The molecule has 0 saturated carbocycles. The zero-order valence-corrected chi connectivity index (χ0v) is 8.91. The Balaban J connectivity index is 3.12. The lowest BCUT2D eigenvalue weighted by Crippen LogP contribution is -2.11. The van der Waals surface area contributed by atoms with Crippen molar-refractivity contribution in [3.63, 3.8) is 0 Å². The van der Waals surface area contributed by atoms with E-state index in [1.165, 1.54) is 0 Å². The topological polar surface area (TPSA) is 59.4 Å². The molecule has 0 aliphatic heterocycles. The van der Waals surface area contributed by atoms with E-state index in [9.17, 15) is 23.1 Å². The van der Waals surface area contributed by atoms with Gasteiger partial charge < -0.3 is 9.84 Å². The summed E-state index contributed by atoms with van der Waals surface area (Å²) in [6.45, 7) is 1.61. The van der Waals surface area contributed by atoms with E-state index in [1.807, 2.05) is 0 Å². The molecule has 17 heavy (non-hydrogen) atoms. The highest BCUT2D eigenvalue weighted by molar-refractivity contribution is 5.74. The van der Waals surface area contributed by atoms with Crippen LogP contribution in [0.3, 0.4) is 0 Å². The Labute approximate surface area is 95.0 Å². The van der Waals surface area contributed by atoms with E-state index in [0.29, 0.717) is 6.20 Å². The molecule has 0 fully saturated rings. The summed E-state index contributed by atoms with van der Waals surface area (Å²) in [6, 6.07) is 0. The van der Waals surface area contributed by atoms with Crippen molar-refractivity contribution < 1.29 is 27.8 Å². The molecule has 0 radical (unpaired) electrons. The molecule has 1 heterocycles. The molecule has 0 aliphatic carbocycles. The average Bonchev–Trinajstić information content (AvgIpc) is 2.23. The number of aromatic hydroxyl groups is 1. The minimum Gasteiger partial charge on any atom is -0.506 e. The Morgan fingerprint density at radius 3 is 2.76 bits per heavy atom. The summed E-state index contributed by atoms with van der Waals surface area (Å²) in [6.07, 6.45) is -3.12. The molecule has 0 bridgehead atoms. The summed E-state index contributed by atoms with van der Waals surface area (Å²) in [4.78, 5) is 14.1. The molecule has 0 amide bonds. The van der Waals surface area contributed by atoms with Crippen molar-refractivity contribution in [3.05, 3.63) is 23.3 Å². The summed E-state index contributed by atoms with van der Waals surface area (Å²) >= 11 is 0. The first-order chi connectivity index (χ1) is 7.97. The van der Waals surface area contributed by atoms with Crippen molar-refractivity contribution >= 4 is 5.97 Å². The van der Waals surface area contributed by atoms with Gasteiger partial charge >= 0.3 is 5.97 Å². The monoisotopic (exact) mass is 249 g/mol. The lowest BCUT2D eigenvalue weighted by Gasteiger charge is -2.10. The van der Waals surface area contributed by atoms with Crippen LogP contribution in [0.15, 0.2) is 6.20 Å². The van der Waals surface area contributed by atoms with E-state index < -0.39 is 41.6 Å². The van der Waals surface area contributed by atoms with Crippen LogP contribution in [0.4, 0.5) is 13.2 Å². The maximum absolute atomic E-state index is 13.1. The van der Waals surface area contributed by atoms with Crippen molar-refractivity contribution in [2.45, 2.75) is 19.8 Å². The number of carbonyl (C=O) groups is 1. The zero-order valence-electron chi connectivity index (χ0n) is 8.91. The highest BCUT2D eigenvalue weighted by Crippen LogP contribution is 2.30. The van der Waals surface area contributed by atoms with Gasteiger partial charge in [0.1, 0.15) is 5.75 Å². The number of nitrogens with zero attached hydrogens (tertiary/aromatic N) is 1. The predicted molar refractivity (Wildman–Crippen MR) is 51.2 cm³/mol. The van der Waals surface area contributed by atoms with Gasteiger partial charge in [-0.05, 0) is 6.92 Å². The predicted octanol–water partition coefficient (Wildman–Crippen LogP) is 1.97. The minimum atomic E-state index is -3.17. The Kier molecular flexibility index (Phi) is 4.30. The van der Waals surface area contributed by atoms with Crippen LogP contribution < -0.4 is 0 Å².